The van der Waals surface area contributed by atoms with Gasteiger partial charge >= 0.3 is 0 Å². The summed E-state index contributed by atoms with van der Waals surface area (Å²) in [6.45, 7) is 5.90. The molecule has 0 aliphatic heterocycles. The second-order valence-electron chi connectivity index (χ2n) is 8.41. The highest BCUT2D eigenvalue weighted by molar-refractivity contribution is 5.04. The Morgan fingerprint density at radius 2 is 1.60 bits per heavy atom. The van der Waals surface area contributed by atoms with Crippen molar-refractivity contribution < 1.29 is 9.84 Å². The fourth-order valence-electron chi connectivity index (χ4n) is 5.55. The van der Waals surface area contributed by atoms with E-state index < -0.39 is 0 Å². The van der Waals surface area contributed by atoms with Crippen LogP contribution in [0.1, 0.15) is 65.2 Å². The molecule has 0 aromatic heterocycles. The molecule has 4 fully saturated rings. The summed E-state index contributed by atoms with van der Waals surface area (Å²) in [5.74, 6) is 3.50. The number of ether oxygens (including phenoxy) is 1. The smallest absolute Gasteiger partial charge is 0.0829 e. The van der Waals surface area contributed by atoms with Crippen molar-refractivity contribution in [2.45, 2.75) is 71.3 Å². The quantitative estimate of drug-likeness (QED) is 0.714. The highest BCUT2D eigenvalue weighted by atomic mass is 16.5. The predicted molar refractivity (Wildman–Crippen MR) is 81.5 cm³/mol. The lowest BCUT2D eigenvalue weighted by molar-refractivity contribution is -0.139. The van der Waals surface area contributed by atoms with Gasteiger partial charge < -0.3 is 9.84 Å². The van der Waals surface area contributed by atoms with Crippen molar-refractivity contribution in [3.8, 4) is 0 Å². The summed E-state index contributed by atoms with van der Waals surface area (Å²) in [6, 6.07) is 0. The molecule has 0 saturated heterocycles. The van der Waals surface area contributed by atoms with Crippen molar-refractivity contribution >= 4 is 0 Å². The second-order valence-corrected chi connectivity index (χ2v) is 8.41. The van der Waals surface area contributed by atoms with E-state index >= 15 is 0 Å². The minimum absolute atomic E-state index is 0.213. The molecule has 1 N–H and O–H groups in total. The van der Waals surface area contributed by atoms with Crippen LogP contribution < -0.4 is 0 Å². The summed E-state index contributed by atoms with van der Waals surface area (Å²) in [5.41, 5.74) is 0.229. The zero-order valence-electron chi connectivity index (χ0n) is 13.3. The average Bonchev–Trinajstić information content (AvgIpc) is 2.36. The molecular formula is C18H32O2. The normalized spacial score (nSPS) is 40.5. The average molecular weight is 280 g/mol. The Morgan fingerprint density at radius 3 is 2.10 bits per heavy atom. The van der Waals surface area contributed by atoms with E-state index in [0.29, 0.717) is 6.61 Å². The molecule has 4 aliphatic rings. The summed E-state index contributed by atoms with van der Waals surface area (Å²) in [6.07, 6.45) is 10.3. The van der Waals surface area contributed by atoms with E-state index in [1.54, 1.807) is 0 Å². The van der Waals surface area contributed by atoms with Crippen LogP contribution in [0.3, 0.4) is 0 Å². The predicted octanol–water partition coefficient (Wildman–Crippen LogP) is 4.02. The van der Waals surface area contributed by atoms with E-state index in [-0.39, 0.29) is 11.5 Å². The fraction of sp³-hybridized carbons (Fsp3) is 1.00. The maximum atomic E-state index is 10.7. The Balaban J connectivity index is 1.46. The van der Waals surface area contributed by atoms with Crippen LogP contribution in [-0.2, 0) is 4.74 Å². The Morgan fingerprint density at radius 1 is 1.05 bits per heavy atom. The van der Waals surface area contributed by atoms with E-state index in [2.05, 4.69) is 13.8 Å². The molecule has 116 valence electrons. The first kappa shape index (κ1) is 14.8. The van der Waals surface area contributed by atoms with Gasteiger partial charge in [0.2, 0.25) is 0 Å². The minimum atomic E-state index is -0.213. The molecule has 4 aliphatic carbocycles. The molecule has 1 atom stereocenters. The van der Waals surface area contributed by atoms with E-state index in [0.717, 1.165) is 36.7 Å². The van der Waals surface area contributed by atoms with Crippen molar-refractivity contribution in [1.82, 2.24) is 0 Å². The van der Waals surface area contributed by atoms with Crippen LogP contribution in [0.5, 0.6) is 0 Å². The van der Waals surface area contributed by atoms with Gasteiger partial charge in [-0.3, -0.25) is 0 Å². The third-order valence-corrected chi connectivity index (χ3v) is 6.14. The molecule has 2 nitrogen and oxygen atoms in total. The number of aliphatic hydroxyl groups excluding tert-OH is 1. The van der Waals surface area contributed by atoms with E-state index in [4.69, 9.17) is 4.74 Å². The van der Waals surface area contributed by atoms with Crippen molar-refractivity contribution in [3.63, 3.8) is 0 Å². The topological polar surface area (TPSA) is 29.5 Å². The third kappa shape index (κ3) is 3.06. The van der Waals surface area contributed by atoms with Crippen LogP contribution in [0.25, 0.3) is 0 Å². The molecule has 20 heavy (non-hydrogen) atoms. The Labute approximate surface area is 124 Å². The zero-order chi connectivity index (χ0) is 14.2. The zero-order valence-corrected chi connectivity index (χ0v) is 13.3. The maximum Gasteiger partial charge on any atom is 0.0829 e. The van der Waals surface area contributed by atoms with Gasteiger partial charge in [-0.1, -0.05) is 13.8 Å². The largest absolute Gasteiger partial charge is 0.390 e. The third-order valence-electron chi connectivity index (χ3n) is 6.14. The Hall–Kier alpha value is -0.0800. The maximum absolute atomic E-state index is 10.7. The first-order valence-electron chi connectivity index (χ1n) is 8.83. The van der Waals surface area contributed by atoms with Crippen LogP contribution in [0.15, 0.2) is 0 Å². The number of rotatable bonds is 7. The first-order chi connectivity index (χ1) is 9.57. The lowest BCUT2D eigenvalue weighted by Gasteiger charge is -2.58. The van der Waals surface area contributed by atoms with Gasteiger partial charge in [-0.05, 0) is 80.5 Å². The minimum Gasteiger partial charge on any atom is -0.390 e. The summed E-state index contributed by atoms with van der Waals surface area (Å²) in [7, 11) is 0. The summed E-state index contributed by atoms with van der Waals surface area (Å²) in [4.78, 5) is 0. The van der Waals surface area contributed by atoms with Crippen molar-refractivity contribution in [2.24, 2.45) is 29.1 Å². The van der Waals surface area contributed by atoms with Crippen LogP contribution >= 0.6 is 0 Å². The van der Waals surface area contributed by atoms with E-state index in [9.17, 15) is 5.11 Å². The molecule has 4 saturated carbocycles. The molecule has 0 aromatic carbocycles. The van der Waals surface area contributed by atoms with Gasteiger partial charge in [0.1, 0.15) is 0 Å². The van der Waals surface area contributed by atoms with Crippen molar-refractivity contribution in [2.75, 3.05) is 13.2 Å². The van der Waals surface area contributed by atoms with E-state index in [1.807, 2.05) is 0 Å². The molecule has 4 rings (SSSR count). The van der Waals surface area contributed by atoms with Gasteiger partial charge in [-0.2, -0.15) is 0 Å². The second kappa shape index (κ2) is 5.96. The molecule has 4 bridgehead atoms. The molecular weight excluding hydrogens is 248 g/mol. The van der Waals surface area contributed by atoms with Crippen LogP contribution in [0, 0.1) is 29.1 Å². The monoisotopic (exact) mass is 280 g/mol. The SMILES string of the molecule is CC(C)CCCOCC(O)C12CC3CC(CC(C3)C1)C2. The van der Waals surface area contributed by atoms with Gasteiger partial charge in [0.15, 0.2) is 0 Å². The highest BCUT2D eigenvalue weighted by Gasteiger charge is 2.53. The van der Waals surface area contributed by atoms with E-state index in [1.165, 1.54) is 44.9 Å². The summed E-state index contributed by atoms with van der Waals surface area (Å²) < 4.78 is 5.79. The highest BCUT2D eigenvalue weighted by Crippen LogP contribution is 2.61. The van der Waals surface area contributed by atoms with Crippen LogP contribution in [0.2, 0.25) is 0 Å². The summed E-state index contributed by atoms with van der Waals surface area (Å²) >= 11 is 0. The Bertz CT molecular complexity index is 288. The van der Waals surface area contributed by atoms with Gasteiger partial charge in [-0.25, -0.2) is 0 Å². The van der Waals surface area contributed by atoms with Gasteiger partial charge in [-0.15, -0.1) is 0 Å². The molecule has 2 heteroatoms. The lowest BCUT2D eigenvalue weighted by atomic mass is 9.48. The number of aliphatic hydroxyl groups is 1. The number of hydrogen-bond acceptors (Lipinski definition) is 2. The standard InChI is InChI=1S/C18H32O2/c1-13(2)4-3-5-20-12-17(19)18-9-14-6-15(10-18)8-16(7-14)11-18/h13-17,19H,3-12H2,1-2H3. The number of hydrogen-bond donors (Lipinski definition) is 1. The molecule has 0 aromatic rings. The molecule has 0 spiro atoms. The molecule has 1 unspecified atom stereocenters. The first-order valence-corrected chi connectivity index (χ1v) is 8.83. The van der Waals surface area contributed by atoms with Crippen molar-refractivity contribution in [3.05, 3.63) is 0 Å². The van der Waals surface area contributed by atoms with Gasteiger partial charge in [0, 0.05) is 6.61 Å². The van der Waals surface area contributed by atoms with Crippen molar-refractivity contribution in [1.29, 1.82) is 0 Å². The fourth-order valence-corrected chi connectivity index (χ4v) is 5.55. The van der Waals surface area contributed by atoms with Gasteiger partial charge in [0.05, 0.1) is 12.7 Å². The molecule has 0 amide bonds. The Kier molecular flexibility index (Phi) is 4.42. The van der Waals surface area contributed by atoms with Crippen LogP contribution in [0.4, 0.5) is 0 Å². The summed E-state index contributed by atoms with van der Waals surface area (Å²) in [5, 5.41) is 10.7. The lowest BCUT2D eigenvalue weighted by Crippen LogP contribution is -2.52. The molecule has 0 radical (unpaired) electrons. The van der Waals surface area contributed by atoms with Gasteiger partial charge in [0.25, 0.3) is 0 Å². The molecule has 0 heterocycles. The van der Waals surface area contributed by atoms with Crippen LogP contribution in [-0.4, -0.2) is 24.4 Å².